The third kappa shape index (κ3) is 3.28. The summed E-state index contributed by atoms with van der Waals surface area (Å²) in [6.45, 7) is 3.68. The van der Waals surface area contributed by atoms with Crippen molar-refractivity contribution in [1.82, 2.24) is 0 Å². The second-order valence-electron chi connectivity index (χ2n) is 5.93. The molecule has 0 N–H and O–H groups in total. The summed E-state index contributed by atoms with van der Waals surface area (Å²) in [5, 5.41) is -0.443. The second kappa shape index (κ2) is 6.21. The standard InChI is InChI=1S/C15H24O3S/c1-2-3-4-5-6-7-15(16)12-10-13-8-9-14(11-12)19(13,17)18/h2,12-14H,1,3-11H2. The van der Waals surface area contributed by atoms with Crippen LogP contribution in [0.15, 0.2) is 12.7 Å². The van der Waals surface area contributed by atoms with Gasteiger partial charge in [0, 0.05) is 12.3 Å². The molecule has 0 aliphatic carbocycles. The molecule has 2 saturated heterocycles. The Hall–Kier alpha value is -0.640. The first-order chi connectivity index (χ1) is 9.05. The van der Waals surface area contributed by atoms with Crippen LogP contribution >= 0.6 is 0 Å². The van der Waals surface area contributed by atoms with Crippen molar-refractivity contribution in [3.63, 3.8) is 0 Å². The van der Waals surface area contributed by atoms with E-state index in [1.54, 1.807) is 0 Å². The molecule has 19 heavy (non-hydrogen) atoms. The number of Topliss-reactive ketones (excluding diaryl/α,β-unsaturated/α-hetero) is 1. The largest absolute Gasteiger partial charge is 0.299 e. The fraction of sp³-hybridized carbons (Fsp3) is 0.800. The Morgan fingerprint density at radius 3 is 2.32 bits per heavy atom. The zero-order valence-electron chi connectivity index (χ0n) is 11.5. The van der Waals surface area contributed by atoms with E-state index in [0.29, 0.717) is 25.0 Å². The predicted octanol–water partition coefficient (Wildman–Crippen LogP) is 3.05. The summed E-state index contributed by atoms with van der Waals surface area (Å²) in [5.74, 6) is 0.311. The minimum Gasteiger partial charge on any atom is -0.299 e. The lowest BCUT2D eigenvalue weighted by atomic mass is 9.91. The lowest BCUT2D eigenvalue weighted by molar-refractivity contribution is -0.123. The van der Waals surface area contributed by atoms with Crippen LogP contribution in [0.1, 0.15) is 57.8 Å². The molecule has 0 aromatic rings. The quantitative estimate of drug-likeness (QED) is 0.533. The molecular formula is C15H24O3S. The fourth-order valence-electron chi connectivity index (χ4n) is 3.44. The number of hydrogen-bond acceptors (Lipinski definition) is 3. The molecule has 0 saturated carbocycles. The first-order valence-corrected chi connectivity index (χ1v) is 9.03. The minimum absolute atomic E-state index is 0.0143. The van der Waals surface area contributed by atoms with Gasteiger partial charge in [-0.15, -0.1) is 6.58 Å². The van der Waals surface area contributed by atoms with E-state index in [4.69, 9.17) is 0 Å². The van der Waals surface area contributed by atoms with Crippen molar-refractivity contribution in [2.75, 3.05) is 0 Å². The molecule has 2 bridgehead atoms. The van der Waals surface area contributed by atoms with Crippen molar-refractivity contribution in [3.8, 4) is 0 Å². The summed E-state index contributed by atoms with van der Waals surface area (Å²) in [5.41, 5.74) is 0. The highest BCUT2D eigenvalue weighted by Crippen LogP contribution is 2.41. The SMILES string of the molecule is C=CCCCCCC(=O)C1CC2CCC(C1)S2(=O)=O. The average Bonchev–Trinajstić information content (AvgIpc) is 2.59. The highest BCUT2D eigenvalue weighted by molar-refractivity contribution is 7.93. The van der Waals surface area contributed by atoms with Crippen LogP contribution in [0, 0.1) is 5.92 Å². The highest BCUT2D eigenvalue weighted by atomic mass is 32.2. The van der Waals surface area contributed by atoms with Crippen molar-refractivity contribution in [2.24, 2.45) is 5.92 Å². The number of rotatable bonds is 7. The van der Waals surface area contributed by atoms with Gasteiger partial charge >= 0.3 is 0 Å². The van der Waals surface area contributed by atoms with E-state index in [1.807, 2.05) is 6.08 Å². The molecule has 2 heterocycles. The van der Waals surface area contributed by atoms with E-state index in [9.17, 15) is 13.2 Å². The average molecular weight is 284 g/mol. The number of carbonyl (C=O) groups excluding carboxylic acids is 1. The van der Waals surface area contributed by atoms with Gasteiger partial charge in [-0.1, -0.05) is 12.5 Å². The number of ketones is 1. The van der Waals surface area contributed by atoms with Gasteiger partial charge in [0.05, 0.1) is 10.5 Å². The Labute approximate surface area is 116 Å². The summed E-state index contributed by atoms with van der Waals surface area (Å²) in [7, 11) is -2.89. The van der Waals surface area contributed by atoms with Gasteiger partial charge in [-0.2, -0.15) is 0 Å². The van der Waals surface area contributed by atoms with E-state index in [1.165, 1.54) is 0 Å². The topological polar surface area (TPSA) is 51.2 Å². The number of carbonyl (C=O) groups is 1. The first-order valence-electron chi connectivity index (χ1n) is 7.42. The van der Waals surface area contributed by atoms with Crippen LogP contribution < -0.4 is 0 Å². The molecule has 0 radical (unpaired) electrons. The molecule has 2 fully saturated rings. The van der Waals surface area contributed by atoms with Gasteiger partial charge in [-0.3, -0.25) is 4.79 Å². The molecule has 2 unspecified atom stereocenters. The van der Waals surface area contributed by atoms with E-state index in [0.717, 1.165) is 38.5 Å². The lowest BCUT2D eigenvalue weighted by Gasteiger charge is -2.26. The van der Waals surface area contributed by atoms with Crippen LogP contribution in [0.4, 0.5) is 0 Å². The summed E-state index contributed by atoms with van der Waals surface area (Å²) in [6.07, 6.45) is 9.37. The molecule has 108 valence electrons. The Balaban J connectivity index is 1.78. The normalized spacial score (nSPS) is 32.1. The Kier molecular flexibility index (Phi) is 4.82. The molecule has 2 atom stereocenters. The van der Waals surface area contributed by atoms with Gasteiger partial charge < -0.3 is 0 Å². The maximum absolute atomic E-state index is 12.1. The maximum Gasteiger partial charge on any atom is 0.156 e. The van der Waals surface area contributed by atoms with Gasteiger partial charge in [-0.05, 0) is 44.9 Å². The van der Waals surface area contributed by atoms with Crippen LogP contribution in [0.25, 0.3) is 0 Å². The number of fused-ring (bicyclic) bond motifs is 2. The number of hydrogen-bond donors (Lipinski definition) is 0. The van der Waals surface area contributed by atoms with Crippen molar-refractivity contribution < 1.29 is 13.2 Å². The summed E-state index contributed by atoms with van der Waals surface area (Å²) in [4.78, 5) is 12.1. The smallest absolute Gasteiger partial charge is 0.156 e. The van der Waals surface area contributed by atoms with Crippen LogP contribution in [-0.4, -0.2) is 24.7 Å². The van der Waals surface area contributed by atoms with Crippen LogP contribution in [-0.2, 0) is 14.6 Å². The zero-order chi connectivity index (χ0) is 13.9. The molecule has 2 rings (SSSR count). The fourth-order valence-corrected chi connectivity index (χ4v) is 5.91. The van der Waals surface area contributed by atoms with Crippen molar-refractivity contribution in [3.05, 3.63) is 12.7 Å². The third-order valence-electron chi connectivity index (χ3n) is 4.62. The maximum atomic E-state index is 12.1. The lowest BCUT2D eigenvalue weighted by Crippen LogP contribution is -2.36. The highest BCUT2D eigenvalue weighted by Gasteiger charge is 2.48. The Morgan fingerprint density at radius 1 is 1.11 bits per heavy atom. The van der Waals surface area contributed by atoms with Gasteiger partial charge in [-0.25, -0.2) is 8.42 Å². The number of unbranched alkanes of at least 4 members (excludes halogenated alkanes) is 3. The van der Waals surface area contributed by atoms with Crippen molar-refractivity contribution in [1.29, 1.82) is 0 Å². The summed E-state index contributed by atoms with van der Waals surface area (Å²) >= 11 is 0. The molecule has 0 amide bonds. The van der Waals surface area contributed by atoms with E-state index < -0.39 is 9.84 Å². The molecule has 0 aromatic carbocycles. The number of allylic oxidation sites excluding steroid dienone is 1. The molecule has 0 spiro atoms. The molecule has 2 aliphatic rings. The van der Waals surface area contributed by atoms with Crippen LogP contribution in [0.3, 0.4) is 0 Å². The molecule has 4 heteroatoms. The van der Waals surface area contributed by atoms with Crippen molar-refractivity contribution >= 4 is 15.6 Å². The van der Waals surface area contributed by atoms with E-state index >= 15 is 0 Å². The molecule has 0 aromatic heterocycles. The molecular weight excluding hydrogens is 260 g/mol. The van der Waals surface area contributed by atoms with E-state index in [2.05, 4.69) is 6.58 Å². The third-order valence-corrected chi connectivity index (χ3v) is 7.34. The van der Waals surface area contributed by atoms with Gasteiger partial charge in [0.15, 0.2) is 9.84 Å². The summed E-state index contributed by atoms with van der Waals surface area (Å²) < 4.78 is 23.9. The summed E-state index contributed by atoms with van der Waals surface area (Å²) in [6, 6.07) is 0. The van der Waals surface area contributed by atoms with Crippen molar-refractivity contribution in [2.45, 2.75) is 68.3 Å². The Bertz CT molecular complexity index is 418. The van der Waals surface area contributed by atoms with E-state index in [-0.39, 0.29) is 16.4 Å². The Morgan fingerprint density at radius 2 is 1.74 bits per heavy atom. The predicted molar refractivity (Wildman–Crippen MR) is 76.7 cm³/mol. The monoisotopic (exact) mass is 284 g/mol. The molecule has 3 nitrogen and oxygen atoms in total. The first kappa shape index (κ1) is 14.8. The molecule has 2 aliphatic heterocycles. The second-order valence-corrected chi connectivity index (χ2v) is 8.44. The number of sulfone groups is 1. The van der Waals surface area contributed by atoms with Gasteiger partial charge in [0.2, 0.25) is 0 Å². The van der Waals surface area contributed by atoms with Crippen LogP contribution in [0.2, 0.25) is 0 Å². The van der Waals surface area contributed by atoms with Gasteiger partial charge in [0.25, 0.3) is 0 Å². The van der Waals surface area contributed by atoms with Gasteiger partial charge in [0.1, 0.15) is 5.78 Å². The minimum atomic E-state index is -2.89. The zero-order valence-corrected chi connectivity index (χ0v) is 12.3. The van der Waals surface area contributed by atoms with Crippen LogP contribution in [0.5, 0.6) is 0 Å².